The molecule has 1 aromatic carbocycles. The first-order valence-electron chi connectivity index (χ1n) is 11.5. The number of hydrogen-bond donors (Lipinski definition) is 3. The quantitative estimate of drug-likeness (QED) is 0.330. The van der Waals surface area contributed by atoms with Gasteiger partial charge in [-0.05, 0) is 49.7 Å². The molecule has 0 saturated carbocycles. The molecule has 3 N–H and O–H groups in total. The van der Waals surface area contributed by atoms with Crippen molar-refractivity contribution >= 4 is 21.7 Å². The van der Waals surface area contributed by atoms with Gasteiger partial charge in [-0.3, -0.25) is 4.72 Å². The number of halogens is 5. The molecule has 0 radical (unpaired) electrons. The average molecular weight is 559 g/mol. The minimum Gasteiger partial charge on any atom is -0.435 e. The number of hydrogen-bond acceptors (Lipinski definition) is 8. The van der Waals surface area contributed by atoms with Crippen molar-refractivity contribution < 1.29 is 35.1 Å². The second-order valence-corrected chi connectivity index (χ2v) is 10.3. The van der Waals surface area contributed by atoms with Gasteiger partial charge in [0.15, 0.2) is 11.6 Å². The number of sulfonamides is 1. The molecule has 1 saturated heterocycles. The molecule has 1 aliphatic heterocycles. The van der Waals surface area contributed by atoms with Crippen LogP contribution in [0.3, 0.4) is 0 Å². The number of ether oxygens (including phenoxy) is 1. The van der Waals surface area contributed by atoms with Crippen molar-refractivity contribution in [2.24, 2.45) is 0 Å². The van der Waals surface area contributed by atoms with Gasteiger partial charge in [0, 0.05) is 25.0 Å². The topological polar surface area (TPSA) is 118 Å². The maximum absolute atomic E-state index is 14.8. The van der Waals surface area contributed by atoms with Crippen LogP contribution in [0.2, 0.25) is 0 Å². The summed E-state index contributed by atoms with van der Waals surface area (Å²) in [6.45, 7) is 1.70. The normalized spacial score (nSPS) is 16.2. The highest BCUT2D eigenvalue weighted by atomic mass is 32.2. The summed E-state index contributed by atoms with van der Waals surface area (Å²) in [5.41, 5.74) is -0.122. The summed E-state index contributed by atoms with van der Waals surface area (Å²) in [6, 6.07) is 6.70. The van der Waals surface area contributed by atoms with Gasteiger partial charge in [0.05, 0.1) is 29.1 Å². The SMILES string of the molecule is O=S(=O)(CCC(F)(F)F)Nc1ccc(Oc2ncccc2-c2ccnc(N[C@H]3CCCNC3)n2)c(F)c1F. The second kappa shape index (κ2) is 11.4. The van der Waals surface area contributed by atoms with Gasteiger partial charge in [0.2, 0.25) is 27.7 Å². The van der Waals surface area contributed by atoms with Crippen molar-refractivity contribution in [3.8, 4) is 22.9 Å². The number of pyridine rings is 1. The van der Waals surface area contributed by atoms with E-state index in [0.717, 1.165) is 38.1 Å². The molecule has 2 aromatic heterocycles. The molecule has 0 bridgehead atoms. The summed E-state index contributed by atoms with van der Waals surface area (Å²) in [5, 5.41) is 6.52. The van der Waals surface area contributed by atoms with Gasteiger partial charge in [-0.2, -0.15) is 17.6 Å². The first-order chi connectivity index (χ1) is 18.0. The van der Waals surface area contributed by atoms with E-state index in [0.29, 0.717) is 17.2 Å². The van der Waals surface area contributed by atoms with Crippen molar-refractivity contribution in [1.82, 2.24) is 20.3 Å². The van der Waals surface area contributed by atoms with E-state index in [1.807, 2.05) is 0 Å². The Kier molecular flexibility index (Phi) is 8.26. The predicted molar refractivity (Wildman–Crippen MR) is 129 cm³/mol. The number of benzene rings is 1. The summed E-state index contributed by atoms with van der Waals surface area (Å²) < 4.78 is 97.3. The predicted octanol–water partition coefficient (Wildman–Crippen LogP) is 4.47. The van der Waals surface area contributed by atoms with Crippen molar-refractivity contribution in [3.63, 3.8) is 0 Å². The van der Waals surface area contributed by atoms with Gasteiger partial charge in [0.25, 0.3) is 0 Å². The molecule has 3 heterocycles. The highest BCUT2D eigenvalue weighted by Gasteiger charge is 2.30. The fourth-order valence-corrected chi connectivity index (χ4v) is 4.76. The third kappa shape index (κ3) is 7.25. The number of piperidine rings is 1. The Hall–Kier alpha value is -3.59. The van der Waals surface area contributed by atoms with Gasteiger partial charge in [0.1, 0.15) is 0 Å². The highest BCUT2D eigenvalue weighted by Crippen LogP contribution is 2.34. The van der Waals surface area contributed by atoms with Crippen LogP contribution in [-0.4, -0.2) is 54.4 Å². The fourth-order valence-electron chi connectivity index (χ4n) is 3.67. The third-order valence-corrected chi connectivity index (χ3v) is 6.78. The van der Waals surface area contributed by atoms with E-state index in [1.54, 1.807) is 22.9 Å². The summed E-state index contributed by atoms with van der Waals surface area (Å²) >= 11 is 0. The molecule has 204 valence electrons. The molecule has 15 heteroatoms. The molecule has 38 heavy (non-hydrogen) atoms. The number of nitrogens with one attached hydrogen (secondary N) is 3. The Bertz CT molecular complexity index is 1380. The molecular formula is C23H23F5N6O3S. The van der Waals surface area contributed by atoms with E-state index in [9.17, 15) is 30.4 Å². The Balaban J connectivity index is 1.53. The van der Waals surface area contributed by atoms with Crippen LogP contribution in [0.1, 0.15) is 19.3 Å². The molecule has 3 aromatic rings. The smallest absolute Gasteiger partial charge is 0.390 e. The summed E-state index contributed by atoms with van der Waals surface area (Å²) in [7, 11) is -4.59. The van der Waals surface area contributed by atoms with Gasteiger partial charge in [-0.15, -0.1) is 0 Å². The zero-order valence-corrected chi connectivity index (χ0v) is 20.5. The third-order valence-electron chi connectivity index (χ3n) is 5.51. The zero-order chi connectivity index (χ0) is 27.3. The standard InChI is InChI=1S/C23H23F5N6O3S/c24-19-17(34-38(35,36)12-8-23(26,27)28)5-6-18(20(19)25)37-21-15(4-2-10-30-21)16-7-11-31-22(33-16)32-14-3-1-9-29-13-14/h2,4-7,10-11,14,29,34H,1,3,8-9,12-13H2,(H,31,32,33)/t14-/m0/s1. The fraction of sp³-hybridized carbons (Fsp3) is 0.348. The molecule has 1 aliphatic rings. The minimum absolute atomic E-state index is 0.117. The maximum atomic E-state index is 14.8. The summed E-state index contributed by atoms with van der Waals surface area (Å²) in [6.07, 6.45) is -1.53. The molecule has 4 rings (SSSR count). The Morgan fingerprint density at radius 3 is 2.63 bits per heavy atom. The monoisotopic (exact) mass is 558 g/mol. The number of rotatable bonds is 9. The lowest BCUT2D eigenvalue weighted by molar-refractivity contribution is -0.129. The van der Waals surface area contributed by atoms with Crippen molar-refractivity contribution in [2.45, 2.75) is 31.5 Å². The molecule has 1 atom stereocenters. The van der Waals surface area contributed by atoms with Crippen LogP contribution in [0.15, 0.2) is 42.7 Å². The largest absolute Gasteiger partial charge is 0.435 e. The van der Waals surface area contributed by atoms with Gasteiger partial charge < -0.3 is 15.4 Å². The van der Waals surface area contributed by atoms with Crippen LogP contribution < -0.4 is 20.1 Å². The van der Waals surface area contributed by atoms with Gasteiger partial charge >= 0.3 is 6.18 Å². The minimum atomic E-state index is -4.73. The van der Waals surface area contributed by atoms with Gasteiger partial charge in [-0.1, -0.05) is 0 Å². The van der Waals surface area contributed by atoms with E-state index in [1.165, 1.54) is 12.4 Å². The lowest BCUT2D eigenvalue weighted by Crippen LogP contribution is -2.38. The first-order valence-corrected chi connectivity index (χ1v) is 13.1. The first kappa shape index (κ1) is 27.4. The van der Waals surface area contributed by atoms with Crippen molar-refractivity contribution in [1.29, 1.82) is 0 Å². The molecule has 0 aliphatic carbocycles. The summed E-state index contributed by atoms with van der Waals surface area (Å²) in [4.78, 5) is 12.8. The zero-order valence-electron chi connectivity index (χ0n) is 19.7. The second-order valence-electron chi connectivity index (χ2n) is 8.44. The Morgan fingerprint density at radius 1 is 1.08 bits per heavy atom. The Labute approximate surface area is 214 Å². The van der Waals surface area contributed by atoms with E-state index >= 15 is 0 Å². The van der Waals surface area contributed by atoms with Crippen LogP contribution in [0.4, 0.5) is 33.6 Å². The number of anilines is 2. The maximum Gasteiger partial charge on any atom is 0.390 e. The number of nitrogens with zero attached hydrogens (tertiary/aromatic N) is 3. The van der Waals surface area contributed by atoms with Crippen LogP contribution >= 0.6 is 0 Å². The molecule has 9 nitrogen and oxygen atoms in total. The number of alkyl halides is 3. The molecule has 1 fully saturated rings. The average Bonchev–Trinajstić information content (AvgIpc) is 2.88. The summed E-state index contributed by atoms with van der Waals surface area (Å²) in [5.74, 6) is -4.93. The van der Waals surface area contributed by atoms with Crippen LogP contribution in [0, 0.1) is 11.6 Å². The molecular weight excluding hydrogens is 535 g/mol. The van der Waals surface area contributed by atoms with Crippen molar-refractivity contribution in [3.05, 3.63) is 54.4 Å². The van der Waals surface area contributed by atoms with E-state index in [2.05, 4.69) is 25.6 Å². The lowest BCUT2D eigenvalue weighted by Gasteiger charge is -2.23. The number of aromatic nitrogens is 3. The lowest BCUT2D eigenvalue weighted by atomic mass is 10.1. The van der Waals surface area contributed by atoms with E-state index in [-0.39, 0.29) is 11.9 Å². The van der Waals surface area contributed by atoms with Crippen molar-refractivity contribution in [2.75, 3.05) is 28.9 Å². The highest BCUT2D eigenvalue weighted by molar-refractivity contribution is 7.92. The molecule has 0 amide bonds. The van der Waals surface area contributed by atoms with Crippen LogP contribution in [-0.2, 0) is 10.0 Å². The van der Waals surface area contributed by atoms with E-state index < -0.39 is 51.4 Å². The van der Waals surface area contributed by atoms with Crippen LogP contribution in [0.5, 0.6) is 11.6 Å². The van der Waals surface area contributed by atoms with Gasteiger partial charge in [-0.25, -0.2) is 27.8 Å². The molecule has 0 unspecified atom stereocenters. The Morgan fingerprint density at radius 2 is 1.89 bits per heavy atom. The van der Waals surface area contributed by atoms with Crippen LogP contribution in [0.25, 0.3) is 11.3 Å². The van der Waals surface area contributed by atoms with E-state index in [4.69, 9.17) is 4.74 Å². The molecule has 0 spiro atoms.